The number of thiophene rings is 1. The van der Waals surface area contributed by atoms with E-state index in [0.717, 1.165) is 16.9 Å². The highest BCUT2D eigenvalue weighted by atomic mass is 35.5. The van der Waals surface area contributed by atoms with Crippen LogP contribution in [0.2, 0.25) is 4.34 Å². The number of oxazole rings is 1. The molecule has 0 bridgehead atoms. The van der Waals surface area contributed by atoms with Crippen molar-refractivity contribution in [2.75, 3.05) is 0 Å². The highest BCUT2D eigenvalue weighted by molar-refractivity contribution is 7.91. The number of rotatable bonds is 4. The highest BCUT2D eigenvalue weighted by Crippen LogP contribution is 2.25. The van der Waals surface area contributed by atoms with Crippen LogP contribution in [0.1, 0.15) is 11.5 Å². The third kappa shape index (κ3) is 3.11. The maximum atomic E-state index is 12.1. The molecule has 0 aliphatic heterocycles. The smallest absolute Gasteiger partial charge is 0.250 e. The maximum absolute atomic E-state index is 12.1. The first-order chi connectivity index (χ1) is 9.94. The molecule has 0 saturated carbocycles. The average molecular weight is 343 g/mol. The number of fused-ring (bicyclic) bond motifs is 1. The third-order valence-corrected chi connectivity index (χ3v) is 5.96. The Morgan fingerprint density at radius 1 is 1.33 bits per heavy atom. The van der Waals surface area contributed by atoms with Crippen molar-refractivity contribution in [2.45, 2.75) is 17.7 Å². The Morgan fingerprint density at radius 3 is 2.86 bits per heavy atom. The Hall–Kier alpha value is -1.41. The SMILES string of the molecule is Cc1nc2cc(CNS(=O)(=O)c3ccc(Cl)s3)ccc2o1. The van der Waals surface area contributed by atoms with Crippen molar-refractivity contribution in [2.24, 2.45) is 0 Å². The Kier molecular flexibility index (Phi) is 3.75. The predicted octanol–water partition coefficient (Wildman–Crippen LogP) is 3.33. The van der Waals surface area contributed by atoms with Crippen LogP contribution in [-0.4, -0.2) is 13.4 Å². The van der Waals surface area contributed by atoms with Crippen LogP contribution in [0.15, 0.2) is 39.0 Å². The van der Waals surface area contributed by atoms with Gasteiger partial charge in [0.1, 0.15) is 9.73 Å². The lowest BCUT2D eigenvalue weighted by Gasteiger charge is -2.04. The highest BCUT2D eigenvalue weighted by Gasteiger charge is 2.16. The van der Waals surface area contributed by atoms with Gasteiger partial charge in [-0.2, -0.15) is 0 Å². The van der Waals surface area contributed by atoms with E-state index < -0.39 is 10.0 Å². The zero-order chi connectivity index (χ0) is 15.0. The fourth-order valence-electron chi connectivity index (χ4n) is 1.89. The summed E-state index contributed by atoms with van der Waals surface area (Å²) in [5.41, 5.74) is 2.20. The van der Waals surface area contributed by atoms with Gasteiger partial charge in [0.15, 0.2) is 11.5 Å². The standard InChI is InChI=1S/C13H11ClN2O3S2/c1-8-16-10-6-9(2-3-11(10)19-8)7-15-21(17,18)13-5-4-12(14)20-13/h2-6,15H,7H2,1H3. The molecule has 0 amide bonds. The number of nitrogens with zero attached hydrogens (tertiary/aromatic N) is 1. The number of hydrogen-bond acceptors (Lipinski definition) is 5. The van der Waals surface area contributed by atoms with E-state index in [9.17, 15) is 8.42 Å². The summed E-state index contributed by atoms with van der Waals surface area (Å²) in [5, 5.41) is 0. The number of sulfonamides is 1. The molecule has 21 heavy (non-hydrogen) atoms. The van der Waals surface area contributed by atoms with E-state index in [1.807, 2.05) is 0 Å². The molecular formula is C13H11ClN2O3S2. The van der Waals surface area contributed by atoms with E-state index in [4.69, 9.17) is 16.0 Å². The molecule has 0 aliphatic rings. The molecule has 0 spiro atoms. The van der Waals surface area contributed by atoms with Crippen molar-refractivity contribution < 1.29 is 12.8 Å². The van der Waals surface area contributed by atoms with E-state index in [0.29, 0.717) is 21.3 Å². The Bertz CT molecular complexity index is 899. The summed E-state index contributed by atoms with van der Waals surface area (Å²) in [6.45, 7) is 1.95. The van der Waals surface area contributed by atoms with Crippen molar-refractivity contribution in [3.05, 3.63) is 46.1 Å². The molecule has 1 N–H and O–H groups in total. The summed E-state index contributed by atoms with van der Waals surface area (Å²) in [6.07, 6.45) is 0. The number of aromatic nitrogens is 1. The van der Waals surface area contributed by atoms with Crippen molar-refractivity contribution in [1.82, 2.24) is 9.71 Å². The molecule has 2 aromatic heterocycles. The number of benzene rings is 1. The largest absolute Gasteiger partial charge is 0.441 e. The zero-order valence-corrected chi connectivity index (χ0v) is 13.3. The van der Waals surface area contributed by atoms with E-state index in [1.165, 1.54) is 6.07 Å². The summed E-state index contributed by atoms with van der Waals surface area (Å²) in [6, 6.07) is 8.43. The normalized spacial score (nSPS) is 12.1. The summed E-state index contributed by atoms with van der Waals surface area (Å²) in [7, 11) is -3.55. The molecule has 3 rings (SSSR count). The maximum Gasteiger partial charge on any atom is 0.250 e. The molecule has 0 radical (unpaired) electrons. The van der Waals surface area contributed by atoms with Crippen LogP contribution >= 0.6 is 22.9 Å². The molecule has 2 heterocycles. The van der Waals surface area contributed by atoms with Gasteiger partial charge in [-0.05, 0) is 29.8 Å². The van der Waals surface area contributed by atoms with E-state index in [2.05, 4.69) is 9.71 Å². The van der Waals surface area contributed by atoms with Gasteiger partial charge in [0.05, 0.1) is 4.34 Å². The van der Waals surface area contributed by atoms with Crippen LogP contribution in [0.3, 0.4) is 0 Å². The van der Waals surface area contributed by atoms with Gasteiger partial charge in [0, 0.05) is 13.5 Å². The van der Waals surface area contributed by atoms with Gasteiger partial charge in [-0.1, -0.05) is 17.7 Å². The average Bonchev–Trinajstić information content (AvgIpc) is 3.01. The van der Waals surface area contributed by atoms with Gasteiger partial charge in [-0.3, -0.25) is 0 Å². The lowest BCUT2D eigenvalue weighted by Crippen LogP contribution is -2.22. The summed E-state index contributed by atoms with van der Waals surface area (Å²) in [5.74, 6) is 0.580. The minimum absolute atomic E-state index is 0.180. The van der Waals surface area contributed by atoms with Crippen LogP contribution in [-0.2, 0) is 16.6 Å². The molecule has 8 heteroatoms. The van der Waals surface area contributed by atoms with Gasteiger partial charge >= 0.3 is 0 Å². The molecule has 5 nitrogen and oxygen atoms in total. The Morgan fingerprint density at radius 2 is 2.14 bits per heavy atom. The Balaban J connectivity index is 1.79. The second kappa shape index (κ2) is 5.42. The van der Waals surface area contributed by atoms with Crippen LogP contribution in [0.4, 0.5) is 0 Å². The van der Waals surface area contributed by atoms with E-state index in [-0.39, 0.29) is 10.8 Å². The molecule has 0 atom stereocenters. The lowest BCUT2D eigenvalue weighted by atomic mass is 10.2. The van der Waals surface area contributed by atoms with E-state index >= 15 is 0 Å². The van der Waals surface area contributed by atoms with Crippen molar-refractivity contribution in [1.29, 1.82) is 0 Å². The monoisotopic (exact) mass is 342 g/mol. The second-order valence-corrected chi connectivity index (χ2v) is 8.13. The minimum Gasteiger partial charge on any atom is -0.441 e. The first-order valence-electron chi connectivity index (χ1n) is 6.05. The molecule has 0 unspecified atom stereocenters. The van der Waals surface area contributed by atoms with Gasteiger partial charge < -0.3 is 4.42 Å². The molecular weight excluding hydrogens is 332 g/mol. The van der Waals surface area contributed by atoms with Gasteiger partial charge in [0.25, 0.3) is 0 Å². The molecule has 0 aliphatic carbocycles. The second-order valence-electron chi connectivity index (χ2n) is 4.42. The van der Waals surface area contributed by atoms with E-state index in [1.54, 1.807) is 31.2 Å². The third-order valence-electron chi connectivity index (χ3n) is 2.84. The van der Waals surface area contributed by atoms with Gasteiger partial charge in [0.2, 0.25) is 10.0 Å². The molecule has 0 saturated heterocycles. The van der Waals surface area contributed by atoms with Crippen molar-refractivity contribution in [3.63, 3.8) is 0 Å². The summed E-state index contributed by atoms with van der Waals surface area (Å²) in [4.78, 5) is 4.22. The van der Waals surface area contributed by atoms with Crippen LogP contribution < -0.4 is 4.72 Å². The molecule has 0 fully saturated rings. The molecule has 110 valence electrons. The number of halogens is 1. The Labute approximate surface area is 130 Å². The number of nitrogens with one attached hydrogen (secondary N) is 1. The van der Waals surface area contributed by atoms with Crippen molar-refractivity contribution >= 4 is 44.1 Å². The lowest BCUT2D eigenvalue weighted by molar-refractivity contribution is 0.561. The van der Waals surface area contributed by atoms with Crippen LogP contribution in [0, 0.1) is 6.92 Å². The predicted molar refractivity (Wildman–Crippen MR) is 82.1 cm³/mol. The summed E-state index contributed by atoms with van der Waals surface area (Å²) < 4.78 is 32.7. The fourth-order valence-corrected chi connectivity index (χ4v) is 4.43. The summed E-state index contributed by atoms with van der Waals surface area (Å²) >= 11 is 6.78. The van der Waals surface area contributed by atoms with Gasteiger partial charge in [-0.15, -0.1) is 11.3 Å². The first-order valence-corrected chi connectivity index (χ1v) is 8.73. The number of hydrogen-bond donors (Lipinski definition) is 1. The quantitative estimate of drug-likeness (QED) is 0.789. The number of aryl methyl sites for hydroxylation is 1. The topological polar surface area (TPSA) is 72.2 Å². The first kappa shape index (κ1) is 14.5. The zero-order valence-electron chi connectivity index (χ0n) is 11.0. The van der Waals surface area contributed by atoms with Crippen molar-refractivity contribution in [3.8, 4) is 0 Å². The molecule has 1 aromatic carbocycles. The van der Waals surface area contributed by atoms with Gasteiger partial charge in [-0.25, -0.2) is 18.1 Å². The van der Waals surface area contributed by atoms with Crippen LogP contribution in [0.25, 0.3) is 11.1 Å². The molecule has 3 aromatic rings. The minimum atomic E-state index is -3.55. The van der Waals surface area contributed by atoms with Crippen LogP contribution in [0.5, 0.6) is 0 Å². The fraction of sp³-hybridized carbons (Fsp3) is 0.154.